The Balaban J connectivity index is 3.05. The SMILES string of the molecule is [2H]C1([2H])C=NC(=O)C1([2H])[2H]. The average Bonchev–Trinajstić information content (AvgIpc) is 1.94. The number of hydrogen-bond donors (Lipinski definition) is 0. The van der Waals surface area contributed by atoms with Gasteiger partial charge in [0.05, 0.1) is 0 Å². The zero-order valence-electron chi connectivity index (χ0n) is 6.93. The Morgan fingerprint density at radius 1 is 2.17 bits per heavy atom. The molecule has 0 saturated carbocycles. The normalized spacial score (nSPS) is 46.3. The third kappa shape index (κ3) is 0.455. The van der Waals surface area contributed by atoms with E-state index in [0.29, 0.717) is 6.21 Å². The molecule has 0 radical (unpaired) electrons. The lowest BCUT2D eigenvalue weighted by Crippen LogP contribution is -1.79. The fourth-order valence-electron chi connectivity index (χ4n) is 0.217. The van der Waals surface area contributed by atoms with Crippen molar-refractivity contribution < 1.29 is 10.3 Å². The Morgan fingerprint density at radius 3 is 3.17 bits per heavy atom. The molecule has 1 aliphatic heterocycles. The number of amides is 1. The van der Waals surface area contributed by atoms with Crippen LogP contribution in [0.25, 0.3) is 0 Å². The van der Waals surface area contributed by atoms with Gasteiger partial charge in [0, 0.05) is 18.1 Å². The van der Waals surface area contributed by atoms with Crippen molar-refractivity contribution in [2.24, 2.45) is 4.99 Å². The summed E-state index contributed by atoms with van der Waals surface area (Å²) in [6.45, 7) is 0. The van der Waals surface area contributed by atoms with E-state index < -0.39 is 18.7 Å². The molecule has 0 unspecified atom stereocenters. The summed E-state index contributed by atoms with van der Waals surface area (Å²) >= 11 is 0. The van der Waals surface area contributed by atoms with Gasteiger partial charge in [-0.15, -0.1) is 0 Å². The Hall–Kier alpha value is -0.660. The van der Waals surface area contributed by atoms with E-state index in [1.54, 1.807) is 0 Å². The van der Waals surface area contributed by atoms with Crippen LogP contribution in [0.3, 0.4) is 0 Å². The van der Waals surface area contributed by atoms with E-state index in [1.807, 2.05) is 0 Å². The summed E-state index contributed by atoms with van der Waals surface area (Å²) < 4.78 is 27.7. The summed E-state index contributed by atoms with van der Waals surface area (Å²) in [5, 5.41) is 0. The van der Waals surface area contributed by atoms with Crippen LogP contribution in [0.2, 0.25) is 0 Å². The van der Waals surface area contributed by atoms with Crippen LogP contribution in [0.4, 0.5) is 0 Å². The molecule has 0 aromatic carbocycles. The smallest absolute Gasteiger partial charge is 0.245 e. The highest BCUT2D eigenvalue weighted by molar-refractivity contribution is 5.91. The molecule has 0 N–H and O–H groups in total. The van der Waals surface area contributed by atoms with E-state index in [4.69, 9.17) is 5.48 Å². The minimum Gasteiger partial charge on any atom is -0.273 e. The van der Waals surface area contributed by atoms with E-state index in [1.165, 1.54) is 0 Å². The molecule has 32 valence electrons. The molecule has 0 aromatic rings. The third-order valence-electron chi connectivity index (χ3n) is 0.425. The highest BCUT2D eigenvalue weighted by atomic mass is 16.1. The maximum absolute atomic E-state index is 10.5. The number of nitrogens with zero attached hydrogens (tertiary/aromatic N) is 1. The largest absolute Gasteiger partial charge is 0.273 e. The first-order valence-electron chi connectivity index (χ1n) is 3.47. The van der Waals surface area contributed by atoms with Crippen LogP contribution >= 0.6 is 0 Å². The first-order valence-corrected chi connectivity index (χ1v) is 1.47. The fourth-order valence-corrected chi connectivity index (χ4v) is 0.217. The van der Waals surface area contributed by atoms with Gasteiger partial charge in [0.25, 0.3) is 0 Å². The maximum Gasteiger partial charge on any atom is 0.245 e. The molecule has 2 heteroatoms. The van der Waals surface area contributed by atoms with Gasteiger partial charge in [-0.25, -0.2) is 4.99 Å². The summed E-state index contributed by atoms with van der Waals surface area (Å²) in [5.41, 5.74) is 0. The Kier molecular flexibility index (Phi) is 0.231. The molecule has 0 aliphatic carbocycles. The first-order chi connectivity index (χ1) is 4.38. The minimum atomic E-state index is -2.48. The molecular weight excluding hydrogens is 78.0 g/mol. The molecule has 0 atom stereocenters. The van der Waals surface area contributed by atoms with Crippen LogP contribution in [0.15, 0.2) is 4.99 Å². The summed E-state index contributed by atoms with van der Waals surface area (Å²) in [6, 6.07) is 0. The van der Waals surface area contributed by atoms with Gasteiger partial charge in [-0.1, -0.05) is 0 Å². The molecule has 1 amide bonds. The van der Waals surface area contributed by atoms with Crippen molar-refractivity contribution in [1.82, 2.24) is 0 Å². The van der Waals surface area contributed by atoms with Gasteiger partial charge in [-0.3, -0.25) is 4.79 Å². The zero-order chi connectivity index (χ0) is 7.99. The van der Waals surface area contributed by atoms with Crippen molar-refractivity contribution in [1.29, 1.82) is 0 Å². The van der Waals surface area contributed by atoms with Crippen LogP contribution < -0.4 is 0 Å². The van der Waals surface area contributed by atoms with Gasteiger partial charge in [0.1, 0.15) is 0 Å². The average molecular weight is 87.1 g/mol. The molecule has 0 saturated heterocycles. The molecule has 6 heavy (non-hydrogen) atoms. The Bertz CT molecular complexity index is 209. The predicted molar refractivity (Wildman–Crippen MR) is 22.7 cm³/mol. The van der Waals surface area contributed by atoms with Crippen molar-refractivity contribution in [2.45, 2.75) is 12.7 Å². The van der Waals surface area contributed by atoms with Crippen molar-refractivity contribution in [2.75, 3.05) is 0 Å². The highest BCUT2D eigenvalue weighted by Crippen LogP contribution is 1.95. The number of hydrogen-bond acceptors (Lipinski definition) is 1. The Morgan fingerprint density at radius 2 is 3.00 bits per heavy atom. The van der Waals surface area contributed by atoms with Crippen molar-refractivity contribution >= 4 is 12.1 Å². The van der Waals surface area contributed by atoms with Crippen LogP contribution in [0, 0.1) is 0 Å². The van der Waals surface area contributed by atoms with Crippen molar-refractivity contribution in [3.05, 3.63) is 0 Å². The first kappa shape index (κ1) is 1.15. The van der Waals surface area contributed by atoms with Crippen molar-refractivity contribution in [3.63, 3.8) is 0 Å². The summed E-state index contributed by atoms with van der Waals surface area (Å²) in [6.07, 6.45) is -4.02. The van der Waals surface area contributed by atoms with Gasteiger partial charge >= 0.3 is 0 Å². The van der Waals surface area contributed by atoms with E-state index in [2.05, 4.69) is 4.99 Å². The van der Waals surface area contributed by atoms with Gasteiger partial charge < -0.3 is 0 Å². The molecule has 1 heterocycles. The number of aliphatic imine (C=N–C) groups is 1. The summed E-state index contributed by atoms with van der Waals surface area (Å²) in [5.74, 6) is -1.04. The second kappa shape index (κ2) is 1.20. The van der Waals surface area contributed by atoms with Crippen LogP contribution in [0.1, 0.15) is 18.2 Å². The molecule has 0 bridgehead atoms. The minimum absolute atomic E-state index is 0.704. The highest BCUT2D eigenvalue weighted by Gasteiger charge is 2.00. The predicted octanol–water partition coefficient (Wildman–Crippen LogP) is 0.378. The maximum atomic E-state index is 10.5. The van der Waals surface area contributed by atoms with Crippen molar-refractivity contribution in [3.8, 4) is 0 Å². The second-order valence-electron chi connectivity index (χ2n) is 0.833. The molecular formula is C4H5NO. The van der Waals surface area contributed by atoms with Gasteiger partial charge in [0.15, 0.2) is 0 Å². The molecule has 1 aliphatic rings. The number of carbonyl (C=O) groups is 1. The van der Waals surface area contributed by atoms with Gasteiger partial charge in [-0.2, -0.15) is 0 Å². The Labute approximate surface area is 41.5 Å². The van der Waals surface area contributed by atoms with Crippen LogP contribution in [0.5, 0.6) is 0 Å². The lowest BCUT2D eigenvalue weighted by molar-refractivity contribution is -0.117. The molecule has 0 aromatic heterocycles. The molecule has 1 rings (SSSR count). The molecule has 0 fully saturated rings. The lowest BCUT2D eigenvalue weighted by atomic mass is 10.4. The molecule has 2 nitrogen and oxygen atoms in total. The standard InChI is InChI=1S/C4H5NO/c6-4-2-1-3-5-4/h3H,1-2H2/i1D2,2D2. The number of carbonyl (C=O) groups excluding carboxylic acids is 1. The second-order valence-corrected chi connectivity index (χ2v) is 0.833. The summed E-state index contributed by atoms with van der Waals surface area (Å²) in [4.78, 5) is 13.5. The van der Waals surface area contributed by atoms with Gasteiger partial charge in [0.2, 0.25) is 5.91 Å². The topological polar surface area (TPSA) is 29.4 Å². The number of rotatable bonds is 0. The van der Waals surface area contributed by atoms with E-state index >= 15 is 0 Å². The van der Waals surface area contributed by atoms with E-state index in [-0.39, 0.29) is 0 Å². The fraction of sp³-hybridized carbons (Fsp3) is 0.500. The van der Waals surface area contributed by atoms with E-state index in [0.717, 1.165) is 0 Å². The summed E-state index contributed by atoms with van der Waals surface area (Å²) in [7, 11) is 0. The van der Waals surface area contributed by atoms with E-state index in [9.17, 15) is 4.79 Å². The zero-order valence-corrected chi connectivity index (χ0v) is 2.93. The van der Waals surface area contributed by atoms with Crippen LogP contribution in [-0.4, -0.2) is 12.1 Å². The monoisotopic (exact) mass is 87.1 g/mol. The van der Waals surface area contributed by atoms with Gasteiger partial charge in [-0.05, 0) is 6.37 Å². The third-order valence-corrected chi connectivity index (χ3v) is 0.425. The van der Waals surface area contributed by atoms with Crippen LogP contribution in [-0.2, 0) is 4.79 Å². The molecule has 0 spiro atoms. The quantitative estimate of drug-likeness (QED) is 0.420. The lowest BCUT2D eigenvalue weighted by Gasteiger charge is -1.69.